The van der Waals surface area contributed by atoms with Gasteiger partial charge in [-0.15, -0.1) is 0 Å². The third kappa shape index (κ3) is 3.32. The zero-order chi connectivity index (χ0) is 12.6. The molecule has 0 aliphatic heterocycles. The summed E-state index contributed by atoms with van der Waals surface area (Å²) in [5, 5.41) is 2.80. The van der Waals surface area contributed by atoms with Crippen LogP contribution in [0.3, 0.4) is 0 Å². The molecule has 2 aromatic carbocycles. The smallest absolute Gasteiger partial charge is 0.207 e. The van der Waals surface area contributed by atoms with Gasteiger partial charge in [-0.25, -0.2) is 0 Å². The van der Waals surface area contributed by atoms with Crippen LogP contribution in [-0.4, -0.2) is 6.41 Å². The molecule has 0 heterocycles. The van der Waals surface area contributed by atoms with E-state index in [1.54, 1.807) is 0 Å². The Hall–Kier alpha value is -2.35. The molecule has 0 bridgehead atoms. The Labute approximate surface area is 107 Å². The summed E-state index contributed by atoms with van der Waals surface area (Å²) in [7, 11) is 0. The van der Waals surface area contributed by atoms with Crippen molar-refractivity contribution in [1.29, 1.82) is 0 Å². The normalized spacial score (nSPS) is 12.2. The molecule has 0 radical (unpaired) electrons. The number of rotatable bonds is 5. The van der Waals surface area contributed by atoms with E-state index >= 15 is 0 Å². The van der Waals surface area contributed by atoms with E-state index in [0.717, 1.165) is 17.5 Å². The fraction of sp³-hybridized carbons (Fsp3) is 0.0625. The van der Waals surface area contributed by atoms with Crippen molar-refractivity contribution < 1.29 is 4.79 Å². The van der Waals surface area contributed by atoms with Crippen LogP contribution >= 0.6 is 0 Å². The molecular formula is C16H15NO. The van der Waals surface area contributed by atoms with E-state index in [9.17, 15) is 4.79 Å². The SMILES string of the molecule is O=CNC(/C=C/c1ccccc1)c1ccccc1. The number of hydrogen-bond acceptors (Lipinski definition) is 1. The van der Waals surface area contributed by atoms with Crippen molar-refractivity contribution in [2.75, 3.05) is 0 Å². The van der Waals surface area contributed by atoms with E-state index in [4.69, 9.17) is 0 Å². The van der Waals surface area contributed by atoms with Crippen molar-refractivity contribution in [3.8, 4) is 0 Å². The average molecular weight is 237 g/mol. The van der Waals surface area contributed by atoms with E-state index < -0.39 is 0 Å². The van der Waals surface area contributed by atoms with E-state index in [1.807, 2.05) is 72.8 Å². The summed E-state index contributed by atoms with van der Waals surface area (Å²) >= 11 is 0. The van der Waals surface area contributed by atoms with Gasteiger partial charge in [-0.1, -0.05) is 72.8 Å². The largest absolute Gasteiger partial charge is 0.348 e. The quantitative estimate of drug-likeness (QED) is 0.795. The fourth-order valence-corrected chi connectivity index (χ4v) is 1.77. The second-order valence-corrected chi connectivity index (χ2v) is 3.94. The summed E-state index contributed by atoms with van der Waals surface area (Å²) < 4.78 is 0. The Morgan fingerprint density at radius 3 is 2.11 bits per heavy atom. The summed E-state index contributed by atoms with van der Waals surface area (Å²) in [4.78, 5) is 10.7. The Morgan fingerprint density at radius 2 is 1.50 bits per heavy atom. The van der Waals surface area contributed by atoms with Gasteiger partial charge in [0.05, 0.1) is 6.04 Å². The van der Waals surface area contributed by atoms with Crippen LogP contribution in [0.15, 0.2) is 66.7 Å². The Kier molecular flexibility index (Phi) is 4.31. The first kappa shape index (κ1) is 12.1. The standard InChI is InChI=1S/C16H15NO/c18-13-17-16(15-9-5-2-6-10-15)12-11-14-7-3-1-4-8-14/h1-13,16H,(H,17,18)/b12-11+. The molecule has 2 rings (SSSR count). The van der Waals surface area contributed by atoms with Crippen molar-refractivity contribution in [2.24, 2.45) is 0 Å². The van der Waals surface area contributed by atoms with E-state index in [1.165, 1.54) is 0 Å². The first-order chi connectivity index (χ1) is 8.90. The van der Waals surface area contributed by atoms with E-state index in [-0.39, 0.29) is 6.04 Å². The van der Waals surface area contributed by atoms with Gasteiger partial charge in [-0.05, 0) is 11.1 Å². The molecular weight excluding hydrogens is 222 g/mol. The van der Waals surface area contributed by atoms with Crippen molar-refractivity contribution in [1.82, 2.24) is 5.32 Å². The van der Waals surface area contributed by atoms with Gasteiger partial charge in [0, 0.05) is 0 Å². The molecule has 1 unspecified atom stereocenters. The molecule has 18 heavy (non-hydrogen) atoms. The monoisotopic (exact) mass is 237 g/mol. The van der Waals surface area contributed by atoms with E-state index in [2.05, 4.69) is 5.32 Å². The first-order valence-electron chi connectivity index (χ1n) is 5.88. The zero-order valence-electron chi connectivity index (χ0n) is 9.99. The lowest BCUT2D eigenvalue weighted by atomic mass is 10.1. The van der Waals surface area contributed by atoms with Crippen molar-refractivity contribution in [3.63, 3.8) is 0 Å². The highest BCUT2D eigenvalue weighted by atomic mass is 16.1. The minimum Gasteiger partial charge on any atom is -0.348 e. The highest BCUT2D eigenvalue weighted by Gasteiger charge is 2.04. The first-order valence-corrected chi connectivity index (χ1v) is 5.88. The highest BCUT2D eigenvalue weighted by Crippen LogP contribution is 2.15. The molecule has 2 nitrogen and oxygen atoms in total. The van der Waals surface area contributed by atoms with Crippen LogP contribution in [0, 0.1) is 0 Å². The topological polar surface area (TPSA) is 29.1 Å². The van der Waals surface area contributed by atoms with Crippen LogP contribution < -0.4 is 5.32 Å². The van der Waals surface area contributed by atoms with Crippen LogP contribution in [-0.2, 0) is 4.79 Å². The van der Waals surface area contributed by atoms with Gasteiger partial charge in [-0.2, -0.15) is 0 Å². The minimum atomic E-state index is -0.0936. The molecule has 90 valence electrons. The van der Waals surface area contributed by atoms with Crippen LogP contribution in [0.2, 0.25) is 0 Å². The number of nitrogens with one attached hydrogen (secondary N) is 1. The van der Waals surface area contributed by atoms with Crippen molar-refractivity contribution in [2.45, 2.75) is 6.04 Å². The molecule has 0 saturated heterocycles. The van der Waals surface area contributed by atoms with Gasteiger partial charge in [0.25, 0.3) is 0 Å². The second kappa shape index (κ2) is 6.40. The van der Waals surface area contributed by atoms with Gasteiger partial charge in [0.2, 0.25) is 6.41 Å². The summed E-state index contributed by atoms with van der Waals surface area (Å²) in [5.74, 6) is 0. The summed E-state index contributed by atoms with van der Waals surface area (Å²) in [6.07, 6.45) is 4.72. The molecule has 0 fully saturated rings. The predicted molar refractivity (Wildman–Crippen MR) is 73.9 cm³/mol. The number of hydrogen-bond donors (Lipinski definition) is 1. The number of amides is 1. The van der Waals surface area contributed by atoms with Gasteiger partial charge in [0.15, 0.2) is 0 Å². The molecule has 1 N–H and O–H groups in total. The second-order valence-electron chi connectivity index (χ2n) is 3.94. The molecule has 1 amide bonds. The average Bonchev–Trinajstić information content (AvgIpc) is 2.45. The molecule has 0 aliphatic carbocycles. The molecule has 0 saturated carbocycles. The lowest BCUT2D eigenvalue weighted by molar-refractivity contribution is -0.109. The van der Waals surface area contributed by atoms with Crippen molar-refractivity contribution in [3.05, 3.63) is 77.9 Å². The Morgan fingerprint density at radius 1 is 0.889 bits per heavy atom. The molecule has 1 atom stereocenters. The molecule has 0 aliphatic rings. The van der Waals surface area contributed by atoms with Gasteiger partial charge >= 0.3 is 0 Å². The maximum absolute atomic E-state index is 10.7. The molecule has 2 heteroatoms. The molecule has 0 spiro atoms. The van der Waals surface area contributed by atoms with Crippen LogP contribution in [0.5, 0.6) is 0 Å². The van der Waals surface area contributed by atoms with Gasteiger partial charge in [-0.3, -0.25) is 4.79 Å². The van der Waals surface area contributed by atoms with Crippen LogP contribution in [0.25, 0.3) is 6.08 Å². The molecule has 0 aromatic heterocycles. The lowest BCUT2D eigenvalue weighted by Crippen LogP contribution is -2.17. The maximum Gasteiger partial charge on any atom is 0.207 e. The number of carbonyl (C=O) groups is 1. The predicted octanol–water partition coefficient (Wildman–Crippen LogP) is 3.19. The van der Waals surface area contributed by atoms with E-state index in [0.29, 0.717) is 0 Å². The minimum absolute atomic E-state index is 0.0936. The zero-order valence-corrected chi connectivity index (χ0v) is 9.99. The van der Waals surface area contributed by atoms with Crippen molar-refractivity contribution >= 4 is 12.5 Å². The van der Waals surface area contributed by atoms with Crippen LogP contribution in [0.1, 0.15) is 17.2 Å². The summed E-state index contributed by atoms with van der Waals surface area (Å²) in [5.41, 5.74) is 2.18. The van der Waals surface area contributed by atoms with Gasteiger partial charge in [0.1, 0.15) is 0 Å². The maximum atomic E-state index is 10.7. The third-order valence-electron chi connectivity index (χ3n) is 2.69. The third-order valence-corrected chi connectivity index (χ3v) is 2.69. The Balaban J connectivity index is 2.17. The van der Waals surface area contributed by atoms with Crippen LogP contribution in [0.4, 0.5) is 0 Å². The van der Waals surface area contributed by atoms with Gasteiger partial charge < -0.3 is 5.32 Å². The number of benzene rings is 2. The molecule has 2 aromatic rings. The highest BCUT2D eigenvalue weighted by molar-refractivity contribution is 5.54. The summed E-state index contributed by atoms with van der Waals surface area (Å²) in [6.45, 7) is 0. The Bertz CT molecular complexity index is 505. The fourth-order valence-electron chi connectivity index (χ4n) is 1.77. The lowest BCUT2D eigenvalue weighted by Gasteiger charge is -2.11. The number of carbonyl (C=O) groups excluding carboxylic acids is 1. The summed E-state index contributed by atoms with van der Waals surface area (Å²) in [6, 6.07) is 19.8.